The molecule has 3 amide bonds. The Morgan fingerprint density at radius 2 is 1.56 bits per heavy atom. The number of rotatable bonds is 10. The maximum Gasteiger partial charge on any atom is 0.408 e. The minimum atomic E-state index is -0.854. The third-order valence-electron chi connectivity index (χ3n) is 5.76. The summed E-state index contributed by atoms with van der Waals surface area (Å²) >= 11 is 0. The summed E-state index contributed by atoms with van der Waals surface area (Å²) in [5, 5.41) is 5.91. The number of carbonyl (C=O) groups excluding carboxylic acids is 3. The van der Waals surface area contributed by atoms with Crippen LogP contribution in [0.15, 0.2) is 24.3 Å². The van der Waals surface area contributed by atoms with Crippen LogP contribution in [0.2, 0.25) is 0 Å². The van der Waals surface area contributed by atoms with Crippen LogP contribution in [0.4, 0.5) is 4.79 Å². The standard InChI is InChI=1S/C29H49N3O4/c1-12-15-21(5)30-25(33)24(22-17-14-13-16-20(22)4)32(28(6,7)8)26(34)23(18-19(2)3)31-27(35)36-29(9,10)11/h13-14,16-17,19,21,23-24H,12,15,18H2,1-11H3,(H,30,33)(H,31,35). The molecule has 0 radical (unpaired) electrons. The molecule has 0 aliphatic carbocycles. The molecular formula is C29H49N3O4. The molecule has 0 aliphatic heterocycles. The van der Waals surface area contributed by atoms with Crippen LogP contribution in [-0.2, 0) is 14.3 Å². The first-order valence-corrected chi connectivity index (χ1v) is 13.2. The maximum atomic E-state index is 14.2. The van der Waals surface area contributed by atoms with Gasteiger partial charge in [0.25, 0.3) is 0 Å². The van der Waals surface area contributed by atoms with Gasteiger partial charge in [0.05, 0.1) is 0 Å². The van der Waals surface area contributed by atoms with Gasteiger partial charge in [0.2, 0.25) is 11.8 Å². The zero-order valence-corrected chi connectivity index (χ0v) is 24.3. The Morgan fingerprint density at radius 3 is 2.03 bits per heavy atom. The Labute approximate surface area is 218 Å². The average molecular weight is 504 g/mol. The summed E-state index contributed by atoms with van der Waals surface area (Å²) in [6.45, 7) is 21.1. The number of alkyl carbamates (subject to hydrolysis) is 1. The molecule has 204 valence electrons. The number of nitrogens with zero attached hydrogens (tertiary/aromatic N) is 1. The summed E-state index contributed by atoms with van der Waals surface area (Å²) in [4.78, 5) is 42.4. The van der Waals surface area contributed by atoms with Crippen LogP contribution in [0.1, 0.15) is 106 Å². The lowest BCUT2D eigenvalue weighted by Gasteiger charge is -2.44. The van der Waals surface area contributed by atoms with E-state index in [0.717, 1.165) is 24.0 Å². The van der Waals surface area contributed by atoms with E-state index in [2.05, 4.69) is 17.6 Å². The van der Waals surface area contributed by atoms with E-state index < -0.39 is 29.3 Å². The van der Waals surface area contributed by atoms with Gasteiger partial charge in [-0.2, -0.15) is 0 Å². The van der Waals surface area contributed by atoms with E-state index >= 15 is 0 Å². The number of aryl methyl sites for hydroxylation is 1. The molecule has 36 heavy (non-hydrogen) atoms. The van der Waals surface area contributed by atoms with E-state index in [1.54, 1.807) is 25.7 Å². The first-order chi connectivity index (χ1) is 16.5. The third-order valence-corrected chi connectivity index (χ3v) is 5.76. The number of carbonyl (C=O) groups is 3. The van der Waals surface area contributed by atoms with Gasteiger partial charge in [-0.1, -0.05) is 51.5 Å². The lowest BCUT2D eigenvalue weighted by molar-refractivity contribution is -0.149. The number of amides is 3. The van der Waals surface area contributed by atoms with Crippen molar-refractivity contribution in [2.24, 2.45) is 5.92 Å². The molecule has 3 atom stereocenters. The zero-order valence-electron chi connectivity index (χ0n) is 24.3. The number of hydrogen-bond acceptors (Lipinski definition) is 4. The summed E-state index contributed by atoms with van der Waals surface area (Å²) in [6.07, 6.45) is 1.54. The van der Waals surface area contributed by atoms with Gasteiger partial charge in [0.1, 0.15) is 17.7 Å². The van der Waals surface area contributed by atoms with E-state index in [1.165, 1.54) is 0 Å². The van der Waals surface area contributed by atoms with Crippen molar-refractivity contribution in [3.63, 3.8) is 0 Å². The lowest BCUT2D eigenvalue weighted by atomic mass is 9.91. The van der Waals surface area contributed by atoms with Crippen LogP contribution in [0, 0.1) is 12.8 Å². The number of nitrogens with one attached hydrogen (secondary N) is 2. The molecule has 0 aromatic heterocycles. The van der Waals surface area contributed by atoms with Crippen LogP contribution >= 0.6 is 0 Å². The molecule has 7 heteroatoms. The quantitative estimate of drug-likeness (QED) is 0.416. The van der Waals surface area contributed by atoms with E-state index in [-0.39, 0.29) is 23.8 Å². The van der Waals surface area contributed by atoms with Crippen LogP contribution in [0.5, 0.6) is 0 Å². The Bertz CT molecular complexity index is 883. The molecule has 0 saturated heterocycles. The van der Waals surface area contributed by atoms with E-state index in [1.807, 2.05) is 72.7 Å². The van der Waals surface area contributed by atoms with Crippen molar-refractivity contribution in [1.29, 1.82) is 0 Å². The van der Waals surface area contributed by atoms with Crippen LogP contribution in [0.3, 0.4) is 0 Å². The highest BCUT2D eigenvalue weighted by atomic mass is 16.6. The Balaban J connectivity index is 3.58. The van der Waals surface area contributed by atoms with E-state index in [9.17, 15) is 14.4 Å². The smallest absolute Gasteiger partial charge is 0.408 e. The molecule has 1 aromatic carbocycles. The number of benzene rings is 1. The molecule has 2 N–H and O–H groups in total. The van der Waals surface area contributed by atoms with Crippen LogP contribution in [-0.4, -0.2) is 46.0 Å². The van der Waals surface area contributed by atoms with Gasteiger partial charge >= 0.3 is 6.09 Å². The Kier molecular flexibility index (Phi) is 11.5. The monoisotopic (exact) mass is 503 g/mol. The van der Waals surface area contributed by atoms with Crippen LogP contribution < -0.4 is 10.6 Å². The summed E-state index contributed by atoms with van der Waals surface area (Å²) in [6, 6.07) is 5.92. The average Bonchev–Trinajstić information content (AvgIpc) is 2.69. The van der Waals surface area contributed by atoms with E-state index in [4.69, 9.17) is 4.74 Å². The van der Waals surface area contributed by atoms with Crippen molar-refractivity contribution in [3.8, 4) is 0 Å². The van der Waals surface area contributed by atoms with Crippen molar-refractivity contribution in [2.75, 3.05) is 0 Å². The Morgan fingerprint density at radius 1 is 0.972 bits per heavy atom. The predicted molar refractivity (Wildman–Crippen MR) is 146 cm³/mol. The SMILES string of the molecule is CCCC(C)NC(=O)C(c1ccccc1C)N(C(=O)C(CC(C)C)NC(=O)OC(C)(C)C)C(C)(C)C. The summed E-state index contributed by atoms with van der Waals surface area (Å²) in [5.74, 6) is -0.409. The first-order valence-electron chi connectivity index (χ1n) is 13.2. The van der Waals surface area contributed by atoms with Gasteiger partial charge in [0, 0.05) is 11.6 Å². The molecule has 0 saturated carbocycles. The van der Waals surface area contributed by atoms with Crippen molar-refractivity contribution in [1.82, 2.24) is 15.5 Å². The molecule has 0 bridgehead atoms. The highest BCUT2D eigenvalue weighted by molar-refractivity contribution is 5.93. The normalized spacial score (nSPS) is 14.6. The summed E-state index contributed by atoms with van der Waals surface area (Å²) in [7, 11) is 0. The molecule has 0 fully saturated rings. The van der Waals surface area contributed by atoms with Crippen molar-refractivity contribution in [2.45, 2.75) is 125 Å². The lowest BCUT2D eigenvalue weighted by Crippen LogP contribution is -2.59. The molecule has 0 heterocycles. The van der Waals surface area contributed by atoms with Crippen LogP contribution in [0.25, 0.3) is 0 Å². The minimum absolute atomic E-state index is 0.0303. The molecule has 3 unspecified atom stereocenters. The maximum absolute atomic E-state index is 14.2. The van der Waals surface area contributed by atoms with Gasteiger partial charge in [-0.15, -0.1) is 0 Å². The van der Waals surface area contributed by atoms with Crippen molar-refractivity contribution >= 4 is 17.9 Å². The van der Waals surface area contributed by atoms with E-state index in [0.29, 0.717) is 6.42 Å². The molecule has 7 nitrogen and oxygen atoms in total. The topological polar surface area (TPSA) is 87.7 Å². The highest BCUT2D eigenvalue weighted by Gasteiger charge is 2.42. The zero-order chi connectivity index (χ0) is 27.8. The summed E-state index contributed by atoms with van der Waals surface area (Å²) in [5.41, 5.74) is 0.282. The van der Waals surface area contributed by atoms with Gasteiger partial charge in [0.15, 0.2) is 0 Å². The second kappa shape index (κ2) is 13.1. The Hall–Kier alpha value is -2.57. The fourth-order valence-electron chi connectivity index (χ4n) is 4.27. The fraction of sp³-hybridized carbons (Fsp3) is 0.690. The summed E-state index contributed by atoms with van der Waals surface area (Å²) < 4.78 is 5.46. The highest BCUT2D eigenvalue weighted by Crippen LogP contribution is 2.32. The molecule has 0 spiro atoms. The minimum Gasteiger partial charge on any atom is -0.444 e. The predicted octanol–water partition coefficient (Wildman–Crippen LogP) is 5.91. The van der Waals surface area contributed by atoms with Crippen molar-refractivity contribution < 1.29 is 19.1 Å². The second-order valence-electron chi connectivity index (χ2n) is 12.2. The number of ether oxygens (including phenoxy) is 1. The molecule has 1 aromatic rings. The van der Waals surface area contributed by atoms with Crippen molar-refractivity contribution in [3.05, 3.63) is 35.4 Å². The van der Waals surface area contributed by atoms with Gasteiger partial charge in [-0.05, 0) is 85.3 Å². The first kappa shape index (κ1) is 31.5. The molecule has 1 rings (SSSR count). The molecular weight excluding hydrogens is 454 g/mol. The van der Waals surface area contributed by atoms with Gasteiger partial charge in [-0.25, -0.2) is 4.79 Å². The second-order valence-corrected chi connectivity index (χ2v) is 12.2. The third kappa shape index (κ3) is 9.82. The van der Waals surface area contributed by atoms with Gasteiger partial charge in [-0.3, -0.25) is 9.59 Å². The number of hydrogen-bond donors (Lipinski definition) is 2. The fourth-order valence-corrected chi connectivity index (χ4v) is 4.27. The largest absolute Gasteiger partial charge is 0.444 e. The molecule has 0 aliphatic rings. The van der Waals surface area contributed by atoms with Gasteiger partial charge < -0.3 is 20.3 Å².